The van der Waals surface area contributed by atoms with Crippen molar-refractivity contribution in [2.24, 2.45) is 0 Å². The predicted molar refractivity (Wildman–Crippen MR) is 121 cm³/mol. The number of para-hydroxylation sites is 2. The van der Waals surface area contributed by atoms with Crippen molar-refractivity contribution >= 4 is 21.6 Å². The highest BCUT2D eigenvalue weighted by molar-refractivity contribution is 7.92. The zero-order chi connectivity index (χ0) is 22.9. The van der Waals surface area contributed by atoms with E-state index in [1.165, 1.54) is 11.4 Å². The first kappa shape index (κ1) is 24.3. The lowest BCUT2D eigenvalue weighted by Crippen LogP contribution is -2.32. The van der Waals surface area contributed by atoms with E-state index in [1.54, 1.807) is 38.5 Å². The number of carbonyl (C=O) groups excluding carboxylic acids is 1. The summed E-state index contributed by atoms with van der Waals surface area (Å²) < 4.78 is 41.5. The highest BCUT2D eigenvalue weighted by Crippen LogP contribution is 2.30. The molecule has 0 fully saturated rings. The molecule has 2 aromatic carbocycles. The monoisotopic (exact) mass is 450 g/mol. The van der Waals surface area contributed by atoms with Gasteiger partial charge in [0.15, 0.2) is 11.5 Å². The van der Waals surface area contributed by atoms with Crippen LogP contribution in [0, 0.1) is 0 Å². The number of sulfonamides is 1. The molecule has 0 saturated heterocycles. The van der Waals surface area contributed by atoms with E-state index in [4.69, 9.17) is 14.2 Å². The van der Waals surface area contributed by atoms with Crippen molar-refractivity contribution in [3.05, 3.63) is 48.0 Å². The smallest absolute Gasteiger partial charge is 0.232 e. The minimum Gasteiger partial charge on any atom is -0.495 e. The molecule has 31 heavy (non-hydrogen) atoms. The van der Waals surface area contributed by atoms with Gasteiger partial charge in [0, 0.05) is 19.5 Å². The van der Waals surface area contributed by atoms with Gasteiger partial charge in [-0.1, -0.05) is 18.2 Å². The molecule has 0 radical (unpaired) electrons. The average molecular weight is 451 g/mol. The molecule has 0 aliphatic carbocycles. The molecule has 0 unspecified atom stereocenters. The molecule has 9 heteroatoms. The molecule has 1 amide bonds. The first-order chi connectivity index (χ1) is 14.8. The van der Waals surface area contributed by atoms with Crippen LogP contribution in [0.4, 0.5) is 5.69 Å². The second-order valence-electron chi connectivity index (χ2n) is 6.90. The van der Waals surface area contributed by atoms with E-state index < -0.39 is 10.0 Å². The van der Waals surface area contributed by atoms with E-state index >= 15 is 0 Å². The van der Waals surface area contributed by atoms with Crippen molar-refractivity contribution in [1.29, 1.82) is 0 Å². The second-order valence-corrected chi connectivity index (χ2v) is 8.81. The van der Waals surface area contributed by atoms with Crippen LogP contribution in [0.5, 0.6) is 17.2 Å². The van der Waals surface area contributed by atoms with Gasteiger partial charge in [-0.05, 0) is 42.7 Å². The molecular formula is C22H30N2O6S. The molecule has 0 aliphatic rings. The third-order valence-electron chi connectivity index (χ3n) is 4.70. The number of benzene rings is 2. The SMILES string of the molecule is COc1ccc(CCNC(=O)CCCN(c2ccccc2OC)S(C)(=O)=O)cc1OC. The van der Waals surface area contributed by atoms with Gasteiger partial charge in [-0.3, -0.25) is 9.10 Å². The third kappa shape index (κ3) is 7.06. The molecular weight excluding hydrogens is 420 g/mol. The van der Waals surface area contributed by atoms with Gasteiger partial charge in [0.05, 0.1) is 33.3 Å². The Morgan fingerprint density at radius 1 is 0.968 bits per heavy atom. The number of anilines is 1. The highest BCUT2D eigenvalue weighted by Gasteiger charge is 2.20. The molecule has 1 N–H and O–H groups in total. The van der Waals surface area contributed by atoms with Crippen LogP contribution in [0.3, 0.4) is 0 Å². The summed E-state index contributed by atoms with van der Waals surface area (Å²) in [4.78, 5) is 12.2. The Morgan fingerprint density at radius 2 is 1.65 bits per heavy atom. The maximum absolute atomic E-state index is 12.3. The Bertz CT molecular complexity index is 978. The van der Waals surface area contributed by atoms with Crippen LogP contribution in [0.15, 0.2) is 42.5 Å². The van der Waals surface area contributed by atoms with Crippen molar-refractivity contribution < 1.29 is 27.4 Å². The fourth-order valence-corrected chi connectivity index (χ4v) is 4.12. The lowest BCUT2D eigenvalue weighted by Gasteiger charge is -2.24. The lowest BCUT2D eigenvalue weighted by molar-refractivity contribution is -0.121. The van der Waals surface area contributed by atoms with Crippen molar-refractivity contribution in [2.75, 3.05) is 45.0 Å². The Morgan fingerprint density at radius 3 is 2.29 bits per heavy atom. The van der Waals surface area contributed by atoms with Gasteiger partial charge in [0.1, 0.15) is 5.75 Å². The van der Waals surface area contributed by atoms with Crippen LogP contribution in [0.25, 0.3) is 0 Å². The summed E-state index contributed by atoms with van der Waals surface area (Å²) in [5.41, 5.74) is 1.47. The van der Waals surface area contributed by atoms with Gasteiger partial charge >= 0.3 is 0 Å². The molecule has 170 valence electrons. The first-order valence-electron chi connectivity index (χ1n) is 9.88. The summed E-state index contributed by atoms with van der Waals surface area (Å²) in [7, 11) is 1.13. The van der Waals surface area contributed by atoms with E-state index in [0.29, 0.717) is 42.3 Å². The summed E-state index contributed by atoms with van der Waals surface area (Å²) in [6, 6.07) is 12.5. The minimum absolute atomic E-state index is 0.131. The Balaban J connectivity index is 1.86. The van der Waals surface area contributed by atoms with Gasteiger partial charge < -0.3 is 19.5 Å². The molecule has 0 bridgehead atoms. The third-order valence-corrected chi connectivity index (χ3v) is 5.88. The van der Waals surface area contributed by atoms with E-state index in [9.17, 15) is 13.2 Å². The van der Waals surface area contributed by atoms with E-state index in [-0.39, 0.29) is 18.9 Å². The van der Waals surface area contributed by atoms with Crippen LogP contribution in [0.2, 0.25) is 0 Å². The number of nitrogens with one attached hydrogen (secondary N) is 1. The van der Waals surface area contributed by atoms with Crippen LogP contribution >= 0.6 is 0 Å². The topological polar surface area (TPSA) is 94.2 Å². The molecule has 0 aliphatic heterocycles. The van der Waals surface area contributed by atoms with Crippen LogP contribution < -0.4 is 23.8 Å². The number of carbonyl (C=O) groups is 1. The second kappa shape index (κ2) is 11.5. The van der Waals surface area contributed by atoms with Crippen molar-refractivity contribution in [3.63, 3.8) is 0 Å². The van der Waals surface area contributed by atoms with Crippen LogP contribution in [-0.2, 0) is 21.2 Å². The molecule has 2 rings (SSSR count). The number of hydrogen-bond donors (Lipinski definition) is 1. The van der Waals surface area contributed by atoms with Crippen LogP contribution in [0.1, 0.15) is 18.4 Å². The number of nitrogens with zero attached hydrogens (tertiary/aromatic N) is 1. The maximum atomic E-state index is 12.3. The summed E-state index contributed by atoms with van der Waals surface area (Å²) in [6.07, 6.45) is 2.38. The normalized spacial score (nSPS) is 11.0. The molecule has 0 atom stereocenters. The number of methoxy groups -OCH3 is 3. The minimum atomic E-state index is -3.51. The number of ether oxygens (including phenoxy) is 3. The number of rotatable bonds is 12. The molecule has 0 saturated carbocycles. The lowest BCUT2D eigenvalue weighted by atomic mass is 10.1. The van der Waals surface area contributed by atoms with Gasteiger partial charge in [-0.15, -0.1) is 0 Å². The van der Waals surface area contributed by atoms with E-state index in [2.05, 4.69) is 5.32 Å². The Labute approximate surface area is 184 Å². The largest absolute Gasteiger partial charge is 0.495 e. The molecule has 2 aromatic rings. The van der Waals surface area contributed by atoms with E-state index in [0.717, 1.165) is 11.8 Å². The molecule has 8 nitrogen and oxygen atoms in total. The van der Waals surface area contributed by atoms with E-state index in [1.807, 2.05) is 18.2 Å². The van der Waals surface area contributed by atoms with Gasteiger partial charge in [0.2, 0.25) is 15.9 Å². The van der Waals surface area contributed by atoms with Gasteiger partial charge in [0.25, 0.3) is 0 Å². The van der Waals surface area contributed by atoms with Gasteiger partial charge in [-0.25, -0.2) is 8.42 Å². The van der Waals surface area contributed by atoms with Crippen LogP contribution in [-0.4, -0.2) is 55.0 Å². The maximum Gasteiger partial charge on any atom is 0.232 e. The predicted octanol–water partition coefficient (Wildman–Crippen LogP) is 2.62. The molecule has 0 aromatic heterocycles. The number of amides is 1. The molecule has 0 spiro atoms. The summed E-state index contributed by atoms with van der Waals surface area (Å²) in [5, 5.41) is 2.87. The van der Waals surface area contributed by atoms with Crippen molar-refractivity contribution in [1.82, 2.24) is 5.32 Å². The fraction of sp³-hybridized carbons (Fsp3) is 0.409. The first-order valence-corrected chi connectivity index (χ1v) is 11.7. The highest BCUT2D eigenvalue weighted by atomic mass is 32.2. The Kier molecular flexibility index (Phi) is 8.99. The average Bonchev–Trinajstić information content (AvgIpc) is 2.75. The molecule has 0 heterocycles. The van der Waals surface area contributed by atoms with Gasteiger partial charge in [-0.2, -0.15) is 0 Å². The zero-order valence-electron chi connectivity index (χ0n) is 18.4. The standard InChI is InChI=1S/C22H30N2O6S/c1-28-19-9-6-5-8-18(19)24(31(4,26)27)15-7-10-22(25)23-14-13-17-11-12-20(29-2)21(16-17)30-3/h5-6,8-9,11-12,16H,7,10,13-15H2,1-4H3,(H,23,25). The summed E-state index contributed by atoms with van der Waals surface area (Å²) in [6.45, 7) is 0.652. The summed E-state index contributed by atoms with van der Waals surface area (Å²) in [5.74, 6) is 1.63. The van der Waals surface area contributed by atoms with Crippen molar-refractivity contribution in [3.8, 4) is 17.2 Å². The fourth-order valence-electron chi connectivity index (χ4n) is 3.15. The summed E-state index contributed by atoms with van der Waals surface area (Å²) >= 11 is 0. The van der Waals surface area contributed by atoms with Crippen molar-refractivity contribution in [2.45, 2.75) is 19.3 Å². The Hall–Kier alpha value is -2.94. The zero-order valence-corrected chi connectivity index (χ0v) is 19.2. The quantitative estimate of drug-likeness (QED) is 0.534. The number of hydrogen-bond acceptors (Lipinski definition) is 6.